The lowest BCUT2D eigenvalue weighted by atomic mass is 9.49. The van der Waals surface area contributed by atoms with Gasteiger partial charge in [-0.1, -0.05) is 35.9 Å². The molecule has 3 N–H and O–H groups in total. The Bertz CT molecular complexity index is 1220. The van der Waals surface area contributed by atoms with Crippen molar-refractivity contribution in [2.45, 2.75) is 58.3 Å². The Kier molecular flexibility index (Phi) is 6.90. The summed E-state index contributed by atoms with van der Waals surface area (Å²) in [5.74, 6) is 3.65. The van der Waals surface area contributed by atoms with E-state index in [1.807, 2.05) is 24.3 Å². The first kappa shape index (κ1) is 24.4. The fraction of sp³-hybridized carbons (Fsp3) is 0.469. The number of amides is 1. The van der Waals surface area contributed by atoms with Gasteiger partial charge in [0.15, 0.2) is 0 Å². The molecule has 37 heavy (non-hydrogen) atoms. The molecule has 1 amide bonds. The molecule has 1 radical (unpaired) electrons. The largest absolute Gasteiger partial charge is 0.370 e. The van der Waals surface area contributed by atoms with Crippen LogP contribution in [0.4, 0.5) is 11.5 Å². The SMILES string of the molecule is Cc1ccc([CH]NCCCNc2ccc3c(NC(=O)CC45CC6CC(CC(C6)C4)C5)cccc3n2)cc1. The van der Waals surface area contributed by atoms with E-state index in [0.717, 1.165) is 59.7 Å². The van der Waals surface area contributed by atoms with Crippen molar-refractivity contribution in [3.05, 3.63) is 72.3 Å². The first-order chi connectivity index (χ1) is 18.0. The van der Waals surface area contributed by atoms with Crippen molar-refractivity contribution in [3.8, 4) is 0 Å². The third-order valence-electron chi connectivity index (χ3n) is 8.86. The highest BCUT2D eigenvalue weighted by Crippen LogP contribution is 2.61. The topological polar surface area (TPSA) is 66.0 Å². The summed E-state index contributed by atoms with van der Waals surface area (Å²) in [6.07, 6.45) is 9.68. The number of aryl methyl sites for hydroxylation is 1. The molecule has 4 aliphatic carbocycles. The van der Waals surface area contributed by atoms with Gasteiger partial charge in [0.1, 0.15) is 5.82 Å². The highest BCUT2D eigenvalue weighted by Gasteiger charge is 2.51. The molecule has 193 valence electrons. The van der Waals surface area contributed by atoms with Crippen molar-refractivity contribution in [1.29, 1.82) is 0 Å². The Balaban J connectivity index is 1.00. The van der Waals surface area contributed by atoms with E-state index in [2.05, 4.69) is 59.8 Å². The second kappa shape index (κ2) is 10.4. The van der Waals surface area contributed by atoms with Crippen LogP contribution in [0.25, 0.3) is 10.9 Å². The molecule has 4 fully saturated rings. The summed E-state index contributed by atoms with van der Waals surface area (Å²) >= 11 is 0. The minimum atomic E-state index is 0.173. The summed E-state index contributed by atoms with van der Waals surface area (Å²) in [7, 11) is 0. The summed E-state index contributed by atoms with van der Waals surface area (Å²) in [6.45, 7) is 5.90. The van der Waals surface area contributed by atoms with Crippen LogP contribution in [0.2, 0.25) is 0 Å². The van der Waals surface area contributed by atoms with Gasteiger partial charge in [-0.05, 0) is 111 Å². The van der Waals surface area contributed by atoms with Gasteiger partial charge in [0, 0.05) is 18.4 Å². The van der Waals surface area contributed by atoms with E-state index in [1.165, 1.54) is 49.7 Å². The molecule has 7 rings (SSSR count). The smallest absolute Gasteiger partial charge is 0.224 e. The lowest BCUT2D eigenvalue weighted by Gasteiger charge is -2.56. The molecular weight excluding hydrogens is 456 g/mol. The highest BCUT2D eigenvalue weighted by molar-refractivity contribution is 6.01. The molecule has 0 spiro atoms. The molecule has 5 heteroatoms. The van der Waals surface area contributed by atoms with Crippen LogP contribution >= 0.6 is 0 Å². The standard InChI is InChI=1S/C32H39N4O/c1-22-6-8-23(9-7-22)21-33-12-3-13-34-30-11-10-27-28(35-30)4-2-5-29(27)36-31(37)20-32-17-24-14-25(18-32)16-26(15-24)19-32/h2,4-11,21,24-26,33H,3,12-20H2,1H3,(H,34,35)(H,36,37). The quantitative estimate of drug-likeness (QED) is 0.274. The minimum absolute atomic E-state index is 0.173. The number of hydrogen-bond donors (Lipinski definition) is 3. The van der Waals surface area contributed by atoms with E-state index in [-0.39, 0.29) is 11.3 Å². The number of nitrogens with zero attached hydrogens (tertiary/aromatic N) is 1. The zero-order chi connectivity index (χ0) is 25.2. The Labute approximate surface area is 220 Å². The van der Waals surface area contributed by atoms with Crippen LogP contribution in [0.15, 0.2) is 54.6 Å². The third-order valence-corrected chi connectivity index (χ3v) is 8.86. The molecule has 2 aromatic carbocycles. The van der Waals surface area contributed by atoms with E-state index in [9.17, 15) is 4.79 Å². The molecule has 1 heterocycles. The molecule has 3 aromatic rings. The number of carbonyl (C=O) groups is 1. The number of benzene rings is 2. The first-order valence-electron chi connectivity index (χ1n) is 14.1. The summed E-state index contributed by atoms with van der Waals surface area (Å²) in [4.78, 5) is 18.0. The van der Waals surface area contributed by atoms with Crippen molar-refractivity contribution in [2.24, 2.45) is 23.2 Å². The van der Waals surface area contributed by atoms with E-state index < -0.39 is 0 Å². The number of aromatic nitrogens is 1. The number of anilines is 2. The zero-order valence-electron chi connectivity index (χ0n) is 21.9. The fourth-order valence-electron chi connectivity index (χ4n) is 7.66. The van der Waals surface area contributed by atoms with Crippen molar-refractivity contribution in [2.75, 3.05) is 23.7 Å². The van der Waals surface area contributed by atoms with Gasteiger partial charge in [-0.25, -0.2) is 4.98 Å². The van der Waals surface area contributed by atoms with Crippen LogP contribution < -0.4 is 16.0 Å². The molecule has 4 aliphatic rings. The second-order valence-corrected chi connectivity index (χ2v) is 12.0. The number of carbonyl (C=O) groups excluding carboxylic acids is 1. The lowest BCUT2D eigenvalue weighted by molar-refractivity contribution is -0.124. The molecule has 5 nitrogen and oxygen atoms in total. The Morgan fingerprint density at radius 1 is 0.946 bits per heavy atom. The van der Waals surface area contributed by atoms with Crippen LogP contribution in [0, 0.1) is 36.6 Å². The Morgan fingerprint density at radius 3 is 2.41 bits per heavy atom. The van der Waals surface area contributed by atoms with Crippen molar-refractivity contribution in [3.63, 3.8) is 0 Å². The summed E-state index contributed by atoms with van der Waals surface area (Å²) < 4.78 is 0. The lowest BCUT2D eigenvalue weighted by Crippen LogP contribution is -2.47. The predicted molar refractivity (Wildman–Crippen MR) is 151 cm³/mol. The van der Waals surface area contributed by atoms with E-state index in [1.54, 1.807) is 0 Å². The number of pyridine rings is 1. The van der Waals surface area contributed by atoms with Gasteiger partial charge in [0.2, 0.25) is 5.91 Å². The second-order valence-electron chi connectivity index (χ2n) is 12.0. The molecular formula is C32H39N4O. The zero-order valence-corrected chi connectivity index (χ0v) is 21.9. The minimum Gasteiger partial charge on any atom is -0.370 e. The Hall–Kier alpha value is -2.92. The number of fused-ring (bicyclic) bond motifs is 1. The summed E-state index contributed by atoms with van der Waals surface area (Å²) in [6, 6.07) is 18.6. The normalized spacial score (nSPS) is 25.9. The van der Waals surface area contributed by atoms with Crippen molar-refractivity contribution in [1.82, 2.24) is 10.3 Å². The van der Waals surface area contributed by atoms with Gasteiger partial charge >= 0.3 is 0 Å². The molecule has 0 unspecified atom stereocenters. The molecule has 0 aliphatic heterocycles. The highest BCUT2D eigenvalue weighted by atomic mass is 16.1. The van der Waals surface area contributed by atoms with Crippen LogP contribution in [-0.4, -0.2) is 24.0 Å². The maximum Gasteiger partial charge on any atom is 0.224 e. The van der Waals surface area contributed by atoms with Gasteiger partial charge in [0.25, 0.3) is 0 Å². The maximum atomic E-state index is 13.2. The summed E-state index contributed by atoms with van der Waals surface area (Å²) in [5, 5.41) is 11.1. The van der Waals surface area contributed by atoms with Crippen molar-refractivity contribution < 1.29 is 4.79 Å². The molecule has 4 saturated carbocycles. The van der Waals surface area contributed by atoms with Crippen LogP contribution in [0.3, 0.4) is 0 Å². The third kappa shape index (κ3) is 5.67. The van der Waals surface area contributed by atoms with E-state index in [4.69, 9.17) is 4.98 Å². The van der Waals surface area contributed by atoms with Gasteiger partial charge in [-0.15, -0.1) is 0 Å². The van der Waals surface area contributed by atoms with Gasteiger partial charge in [0.05, 0.1) is 17.7 Å². The van der Waals surface area contributed by atoms with E-state index in [0.29, 0.717) is 6.42 Å². The molecule has 0 atom stereocenters. The van der Waals surface area contributed by atoms with Gasteiger partial charge in [-0.3, -0.25) is 4.79 Å². The number of rotatable bonds is 10. The monoisotopic (exact) mass is 495 g/mol. The summed E-state index contributed by atoms with van der Waals surface area (Å²) in [5.41, 5.74) is 4.50. The van der Waals surface area contributed by atoms with Crippen LogP contribution in [-0.2, 0) is 4.79 Å². The van der Waals surface area contributed by atoms with Crippen LogP contribution in [0.1, 0.15) is 62.5 Å². The van der Waals surface area contributed by atoms with Gasteiger partial charge < -0.3 is 16.0 Å². The maximum absolute atomic E-state index is 13.2. The number of hydrogen-bond acceptors (Lipinski definition) is 4. The first-order valence-corrected chi connectivity index (χ1v) is 14.1. The van der Waals surface area contributed by atoms with E-state index >= 15 is 0 Å². The number of nitrogens with one attached hydrogen (secondary N) is 3. The Morgan fingerprint density at radius 2 is 1.68 bits per heavy atom. The average Bonchev–Trinajstić information content (AvgIpc) is 2.86. The average molecular weight is 496 g/mol. The molecule has 0 saturated heterocycles. The van der Waals surface area contributed by atoms with Crippen LogP contribution in [0.5, 0.6) is 0 Å². The van der Waals surface area contributed by atoms with Crippen molar-refractivity contribution >= 4 is 28.3 Å². The molecule has 4 bridgehead atoms. The predicted octanol–water partition coefficient (Wildman–Crippen LogP) is 6.69. The fourth-order valence-corrected chi connectivity index (χ4v) is 7.66. The molecule has 1 aromatic heterocycles. The van der Waals surface area contributed by atoms with Gasteiger partial charge in [-0.2, -0.15) is 0 Å².